The van der Waals surface area contributed by atoms with Crippen molar-refractivity contribution in [1.29, 1.82) is 0 Å². The minimum atomic E-state index is -0.496. The topological polar surface area (TPSA) is 73.9 Å². The maximum absolute atomic E-state index is 12.4. The van der Waals surface area contributed by atoms with Crippen LogP contribution in [0.4, 0.5) is 0 Å². The smallest absolute Gasteiger partial charge is 0.343 e. The van der Waals surface area contributed by atoms with Crippen LogP contribution in [0.1, 0.15) is 35.3 Å². The van der Waals surface area contributed by atoms with E-state index in [0.717, 1.165) is 11.1 Å². The number of nitrogens with one attached hydrogen (secondary N) is 1. The molecule has 0 aliphatic carbocycles. The number of carbonyl (C=O) groups is 2. The van der Waals surface area contributed by atoms with E-state index in [2.05, 4.69) is 5.32 Å². The lowest BCUT2D eigenvalue weighted by Gasteiger charge is -2.13. The number of benzene rings is 2. The van der Waals surface area contributed by atoms with E-state index >= 15 is 0 Å². The standard InChI is InChI=1S/C21H25NO5/c1-13(2)22-20(23)12-26-18-9-7-16(11-19(18)25-5)21(24)27-17-8-6-14(3)10-15(17)4/h6-11,13H,12H2,1-5H3,(H,22,23). The Morgan fingerprint density at radius 3 is 2.33 bits per heavy atom. The number of esters is 1. The van der Waals surface area contributed by atoms with Crippen molar-refractivity contribution in [2.75, 3.05) is 13.7 Å². The number of hydrogen-bond acceptors (Lipinski definition) is 5. The van der Waals surface area contributed by atoms with E-state index in [1.807, 2.05) is 39.8 Å². The van der Waals surface area contributed by atoms with Crippen molar-refractivity contribution in [3.63, 3.8) is 0 Å². The number of amides is 1. The highest BCUT2D eigenvalue weighted by atomic mass is 16.5. The summed E-state index contributed by atoms with van der Waals surface area (Å²) in [5.74, 6) is 0.506. The molecule has 6 heteroatoms. The molecule has 6 nitrogen and oxygen atoms in total. The van der Waals surface area contributed by atoms with Gasteiger partial charge in [0.2, 0.25) is 0 Å². The Labute approximate surface area is 159 Å². The third-order valence-electron chi connectivity index (χ3n) is 3.74. The highest BCUT2D eigenvalue weighted by Crippen LogP contribution is 2.29. The highest BCUT2D eigenvalue weighted by molar-refractivity contribution is 5.92. The second-order valence-corrected chi connectivity index (χ2v) is 6.53. The number of hydrogen-bond donors (Lipinski definition) is 1. The molecule has 0 saturated heterocycles. The van der Waals surface area contributed by atoms with E-state index in [1.54, 1.807) is 18.2 Å². The van der Waals surface area contributed by atoms with E-state index in [0.29, 0.717) is 22.8 Å². The lowest BCUT2D eigenvalue weighted by atomic mass is 10.1. The van der Waals surface area contributed by atoms with Gasteiger partial charge >= 0.3 is 5.97 Å². The van der Waals surface area contributed by atoms with Gasteiger partial charge in [-0.3, -0.25) is 4.79 Å². The average Bonchev–Trinajstić information content (AvgIpc) is 2.61. The monoisotopic (exact) mass is 371 g/mol. The van der Waals surface area contributed by atoms with Gasteiger partial charge in [0, 0.05) is 6.04 Å². The second kappa shape index (κ2) is 9.07. The molecule has 1 N–H and O–H groups in total. The summed E-state index contributed by atoms with van der Waals surface area (Å²) in [6.45, 7) is 7.46. The third kappa shape index (κ3) is 5.74. The van der Waals surface area contributed by atoms with Gasteiger partial charge in [-0.25, -0.2) is 4.79 Å². The van der Waals surface area contributed by atoms with Crippen molar-refractivity contribution in [3.8, 4) is 17.2 Å². The van der Waals surface area contributed by atoms with Gasteiger partial charge in [0.05, 0.1) is 12.7 Å². The molecule has 1 amide bonds. The fraction of sp³-hybridized carbons (Fsp3) is 0.333. The largest absolute Gasteiger partial charge is 0.493 e. The lowest BCUT2D eigenvalue weighted by Crippen LogP contribution is -2.34. The molecule has 0 radical (unpaired) electrons. The molecule has 2 rings (SSSR count). The first-order valence-electron chi connectivity index (χ1n) is 8.69. The zero-order valence-electron chi connectivity index (χ0n) is 16.3. The SMILES string of the molecule is COc1cc(C(=O)Oc2ccc(C)cc2C)ccc1OCC(=O)NC(C)C. The van der Waals surface area contributed by atoms with Crippen molar-refractivity contribution in [3.05, 3.63) is 53.1 Å². The summed E-state index contributed by atoms with van der Waals surface area (Å²) < 4.78 is 16.2. The van der Waals surface area contributed by atoms with Crippen molar-refractivity contribution in [2.24, 2.45) is 0 Å². The molecule has 0 aromatic heterocycles. The van der Waals surface area contributed by atoms with Gasteiger partial charge in [-0.05, 0) is 57.5 Å². The molecule has 0 heterocycles. The first-order chi connectivity index (χ1) is 12.8. The maximum atomic E-state index is 12.4. The third-order valence-corrected chi connectivity index (χ3v) is 3.74. The number of aryl methyl sites for hydroxylation is 2. The van der Waals surface area contributed by atoms with Crippen molar-refractivity contribution >= 4 is 11.9 Å². The summed E-state index contributed by atoms with van der Waals surface area (Å²) in [5.41, 5.74) is 2.30. The van der Waals surface area contributed by atoms with E-state index < -0.39 is 5.97 Å². The molecule has 0 unspecified atom stereocenters. The van der Waals surface area contributed by atoms with Crippen LogP contribution < -0.4 is 19.5 Å². The quantitative estimate of drug-likeness (QED) is 0.596. The van der Waals surface area contributed by atoms with Crippen molar-refractivity contribution in [2.45, 2.75) is 33.7 Å². The highest BCUT2D eigenvalue weighted by Gasteiger charge is 2.15. The van der Waals surface area contributed by atoms with E-state index in [4.69, 9.17) is 14.2 Å². The summed E-state index contributed by atoms with van der Waals surface area (Å²) in [6, 6.07) is 10.3. The predicted octanol–water partition coefficient (Wildman–Crippen LogP) is 3.43. The minimum absolute atomic E-state index is 0.0328. The molecule has 0 aliphatic heterocycles. The Bertz CT molecular complexity index is 829. The Hall–Kier alpha value is -3.02. The molecular formula is C21H25NO5. The molecular weight excluding hydrogens is 346 g/mol. The van der Waals surface area contributed by atoms with Crippen LogP contribution in [0.2, 0.25) is 0 Å². The van der Waals surface area contributed by atoms with Crippen LogP contribution in [0.25, 0.3) is 0 Å². The summed E-state index contributed by atoms with van der Waals surface area (Å²) in [6.07, 6.45) is 0. The Kier molecular flexibility index (Phi) is 6.82. The van der Waals surface area contributed by atoms with Crippen molar-refractivity contribution in [1.82, 2.24) is 5.32 Å². The van der Waals surface area contributed by atoms with Gasteiger partial charge in [-0.1, -0.05) is 17.7 Å². The molecule has 144 valence electrons. The fourth-order valence-corrected chi connectivity index (χ4v) is 2.49. The Morgan fingerprint density at radius 1 is 1.00 bits per heavy atom. The molecule has 0 spiro atoms. The molecule has 0 aliphatic rings. The second-order valence-electron chi connectivity index (χ2n) is 6.53. The van der Waals surface area contributed by atoms with Gasteiger partial charge in [0.15, 0.2) is 18.1 Å². The van der Waals surface area contributed by atoms with Crippen LogP contribution >= 0.6 is 0 Å². The lowest BCUT2D eigenvalue weighted by molar-refractivity contribution is -0.123. The molecule has 0 atom stereocenters. The number of carbonyl (C=O) groups excluding carboxylic acids is 2. The molecule has 27 heavy (non-hydrogen) atoms. The number of rotatable bonds is 7. The summed E-state index contributed by atoms with van der Waals surface area (Å²) >= 11 is 0. The maximum Gasteiger partial charge on any atom is 0.343 e. The van der Waals surface area contributed by atoms with Crippen LogP contribution in [-0.4, -0.2) is 31.6 Å². The summed E-state index contributed by atoms with van der Waals surface area (Å²) in [7, 11) is 1.47. The van der Waals surface area contributed by atoms with Crippen LogP contribution in [0.5, 0.6) is 17.2 Å². The zero-order chi connectivity index (χ0) is 20.0. The van der Waals surface area contributed by atoms with Gasteiger partial charge in [-0.15, -0.1) is 0 Å². The summed E-state index contributed by atoms with van der Waals surface area (Å²) in [5, 5.41) is 2.74. The van der Waals surface area contributed by atoms with Gasteiger partial charge in [-0.2, -0.15) is 0 Å². The number of ether oxygens (including phenoxy) is 3. The van der Waals surface area contributed by atoms with Gasteiger partial charge in [0.1, 0.15) is 5.75 Å². The molecule has 0 fully saturated rings. The van der Waals surface area contributed by atoms with Gasteiger partial charge in [0.25, 0.3) is 5.91 Å². The summed E-state index contributed by atoms with van der Waals surface area (Å²) in [4.78, 5) is 24.1. The first-order valence-corrected chi connectivity index (χ1v) is 8.69. The van der Waals surface area contributed by atoms with E-state index in [-0.39, 0.29) is 18.6 Å². The number of methoxy groups -OCH3 is 1. The minimum Gasteiger partial charge on any atom is -0.493 e. The Morgan fingerprint density at radius 2 is 1.70 bits per heavy atom. The van der Waals surface area contributed by atoms with Crippen LogP contribution in [0, 0.1) is 13.8 Å². The predicted molar refractivity (Wildman–Crippen MR) is 103 cm³/mol. The molecule has 0 saturated carbocycles. The van der Waals surface area contributed by atoms with E-state index in [9.17, 15) is 9.59 Å². The van der Waals surface area contributed by atoms with E-state index in [1.165, 1.54) is 13.2 Å². The molecule has 2 aromatic carbocycles. The van der Waals surface area contributed by atoms with Crippen molar-refractivity contribution < 1.29 is 23.8 Å². The normalized spacial score (nSPS) is 10.4. The first kappa shape index (κ1) is 20.3. The Balaban J connectivity index is 2.10. The van der Waals surface area contributed by atoms with Crippen LogP contribution in [0.15, 0.2) is 36.4 Å². The fourth-order valence-electron chi connectivity index (χ4n) is 2.49. The molecule has 0 bridgehead atoms. The van der Waals surface area contributed by atoms with Crippen LogP contribution in [-0.2, 0) is 4.79 Å². The van der Waals surface area contributed by atoms with Crippen LogP contribution in [0.3, 0.4) is 0 Å². The zero-order valence-corrected chi connectivity index (χ0v) is 16.3. The average molecular weight is 371 g/mol. The molecule has 2 aromatic rings. The van der Waals surface area contributed by atoms with Gasteiger partial charge < -0.3 is 19.5 Å².